The lowest BCUT2D eigenvalue weighted by Crippen LogP contribution is -2.49. The van der Waals surface area contributed by atoms with Gasteiger partial charge < -0.3 is 4.90 Å². The summed E-state index contributed by atoms with van der Waals surface area (Å²) >= 11 is 0. The van der Waals surface area contributed by atoms with Gasteiger partial charge >= 0.3 is 0 Å². The quantitative estimate of drug-likeness (QED) is 0.661. The summed E-state index contributed by atoms with van der Waals surface area (Å²) in [4.78, 5) is 14.9. The SMILES string of the molecule is O=S(=O)(c1cccnc1)N1CCN(c2cncc(-n3cccn3)n2)CC1. The van der Waals surface area contributed by atoms with Gasteiger partial charge in [-0.05, 0) is 18.2 Å². The van der Waals surface area contributed by atoms with Crippen LogP contribution in [0.1, 0.15) is 0 Å². The van der Waals surface area contributed by atoms with Crippen molar-refractivity contribution in [1.82, 2.24) is 29.0 Å². The molecule has 10 heteroatoms. The van der Waals surface area contributed by atoms with Gasteiger partial charge in [-0.15, -0.1) is 0 Å². The van der Waals surface area contributed by atoms with Crippen LogP contribution in [0, 0.1) is 0 Å². The number of anilines is 1. The largest absolute Gasteiger partial charge is 0.353 e. The second-order valence-corrected chi connectivity index (χ2v) is 7.70. The summed E-state index contributed by atoms with van der Waals surface area (Å²) in [6.45, 7) is 1.84. The smallest absolute Gasteiger partial charge is 0.244 e. The monoisotopic (exact) mass is 371 g/mol. The molecule has 0 atom stereocenters. The van der Waals surface area contributed by atoms with Crippen molar-refractivity contribution in [2.75, 3.05) is 31.1 Å². The van der Waals surface area contributed by atoms with Gasteiger partial charge in [-0.3, -0.25) is 9.97 Å². The van der Waals surface area contributed by atoms with E-state index in [4.69, 9.17) is 0 Å². The fourth-order valence-corrected chi connectivity index (χ4v) is 4.21. The summed E-state index contributed by atoms with van der Waals surface area (Å²) in [6.07, 6.45) is 9.73. The van der Waals surface area contributed by atoms with E-state index in [1.807, 2.05) is 11.0 Å². The Morgan fingerprint density at radius 1 is 0.885 bits per heavy atom. The molecule has 0 saturated carbocycles. The van der Waals surface area contributed by atoms with Crippen molar-refractivity contribution in [3.8, 4) is 5.82 Å². The highest BCUT2D eigenvalue weighted by Crippen LogP contribution is 2.19. The first-order chi connectivity index (χ1) is 12.6. The van der Waals surface area contributed by atoms with Crippen LogP contribution in [0.25, 0.3) is 5.82 Å². The molecule has 9 nitrogen and oxygen atoms in total. The molecular weight excluding hydrogens is 354 g/mol. The zero-order chi connectivity index (χ0) is 18.0. The predicted molar refractivity (Wildman–Crippen MR) is 94.4 cm³/mol. The average molecular weight is 371 g/mol. The molecule has 1 aliphatic heterocycles. The van der Waals surface area contributed by atoms with E-state index in [-0.39, 0.29) is 4.90 Å². The van der Waals surface area contributed by atoms with Gasteiger partial charge in [0.05, 0.1) is 12.4 Å². The Morgan fingerprint density at radius 2 is 1.69 bits per heavy atom. The molecule has 1 saturated heterocycles. The predicted octanol–water partition coefficient (Wildman–Crippen LogP) is 0.568. The topological polar surface area (TPSA) is 97.1 Å². The third-order valence-electron chi connectivity index (χ3n) is 4.18. The first kappa shape index (κ1) is 16.6. The first-order valence-corrected chi connectivity index (χ1v) is 9.56. The maximum atomic E-state index is 12.7. The molecule has 0 aliphatic carbocycles. The van der Waals surface area contributed by atoms with Crippen molar-refractivity contribution in [2.24, 2.45) is 0 Å². The third kappa shape index (κ3) is 3.16. The highest BCUT2D eigenvalue weighted by Gasteiger charge is 2.29. The lowest BCUT2D eigenvalue weighted by molar-refractivity contribution is 0.383. The molecule has 0 radical (unpaired) electrons. The fraction of sp³-hybridized carbons (Fsp3) is 0.250. The molecule has 1 aliphatic rings. The molecule has 0 unspecified atom stereocenters. The molecule has 3 aromatic heterocycles. The number of nitrogens with zero attached hydrogens (tertiary/aromatic N) is 7. The van der Waals surface area contributed by atoms with Gasteiger partial charge in [-0.25, -0.2) is 18.1 Å². The molecule has 0 spiro atoms. The van der Waals surface area contributed by atoms with Crippen molar-refractivity contribution in [3.63, 3.8) is 0 Å². The van der Waals surface area contributed by atoms with Crippen molar-refractivity contribution in [1.29, 1.82) is 0 Å². The Labute approximate surface area is 151 Å². The normalized spacial score (nSPS) is 15.9. The molecule has 4 heterocycles. The Bertz CT molecular complexity index is 969. The lowest BCUT2D eigenvalue weighted by Gasteiger charge is -2.34. The van der Waals surface area contributed by atoms with Crippen LogP contribution in [0.4, 0.5) is 5.82 Å². The summed E-state index contributed by atoms with van der Waals surface area (Å²) in [5.74, 6) is 1.33. The van der Waals surface area contributed by atoms with Crippen LogP contribution in [0.3, 0.4) is 0 Å². The Balaban J connectivity index is 1.48. The van der Waals surface area contributed by atoms with E-state index in [9.17, 15) is 8.42 Å². The minimum atomic E-state index is -3.52. The number of piperazine rings is 1. The molecule has 3 aromatic rings. The van der Waals surface area contributed by atoms with Crippen LogP contribution in [0.5, 0.6) is 0 Å². The zero-order valence-electron chi connectivity index (χ0n) is 13.9. The van der Waals surface area contributed by atoms with Gasteiger partial charge in [0.25, 0.3) is 0 Å². The van der Waals surface area contributed by atoms with Gasteiger partial charge in [0.2, 0.25) is 10.0 Å². The minimum absolute atomic E-state index is 0.217. The van der Waals surface area contributed by atoms with Crippen LogP contribution in [-0.4, -0.2) is 63.6 Å². The average Bonchev–Trinajstić information content (AvgIpc) is 3.24. The molecule has 0 bridgehead atoms. The van der Waals surface area contributed by atoms with Gasteiger partial charge in [-0.1, -0.05) is 0 Å². The lowest BCUT2D eigenvalue weighted by atomic mass is 10.3. The second-order valence-electron chi connectivity index (χ2n) is 5.77. The highest BCUT2D eigenvalue weighted by atomic mass is 32.2. The maximum Gasteiger partial charge on any atom is 0.244 e. The number of aromatic nitrogens is 5. The van der Waals surface area contributed by atoms with E-state index in [0.29, 0.717) is 37.8 Å². The Morgan fingerprint density at radius 3 is 2.38 bits per heavy atom. The van der Waals surface area contributed by atoms with Crippen molar-refractivity contribution < 1.29 is 8.42 Å². The standard InChI is InChI=1S/C16H17N7O2S/c24-26(25,14-3-1-4-17-11-14)22-9-7-21(8-10-22)15-12-18-13-16(20-15)23-6-2-5-19-23/h1-6,11-13H,7-10H2. The number of hydrogen-bond donors (Lipinski definition) is 0. The second kappa shape index (κ2) is 6.81. The number of sulfonamides is 1. The van der Waals surface area contributed by atoms with E-state index >= 15 is 0 Å². The van der Waals surface area contributed by atoms with Gasteiger partial charge in [0.1, 0.15) is 10.7 Å². The summed E-state index contributed by atoms with van der Waals surface area (Å²) in [5.41, 5.74) is 0. The van der Waals surface area contributed by atoms with Crippen LogP contribution < -0.4 is 4.90 Å². The fourth-order valence-electron chi connectivity index (χ4n) is 2.82. The van der Waals surface area contributed by atoms with E-state index < -0.39 is 10.0 Å². The summed E-state index contributed by atoms with van der Waals surface area (Å²) < 4.78 is 28.5. The molecule has 4 rings (SSSR count). The van der Waals surface area contributed by atoms with Crippen LogP contribution in [-0.2, 0) is 10.0 Å². The molecule has 1 fully saturated rings. The molecular formula is C16H17N7O2S. The van der Waals surface area contributed by atoms with Crippen molar-refractivity contribution >= 4 is 15.8 Å². The summed E-state index contributed by atoms with van der Waals surface area (Å²) in [7, 11) is -3.52. The minimum Gasteiger partial charge on any atom is -0.353 e. The van der Waals surface area contributed by atoms with E-state index in [2.05, 4.69) is 20.1 Å². The van der Waals surface area contributed by atoms with Gasteiger partial charge in [-0.2, -0.15) is 9.40 Å². The van der Waals surface area contributed by atoms with Crippen LogP contribution in [0.2, 0.25) is 0 Å². The molecule has 26 heavy (non-hydrogen) atoms. The van der Waals surface area contributed by atoms with E-state index in [0.717, 1.165) is 0 Å². The Hall–Kier alpha value is -2.85. The van der Waals surface area contributed by atoms with Gasteiger partial charge in [0.15, 0.2) is 5.82 Å². The van der Waals surface area contributed by atoms with E-state index in [1.54, 1.807) is 47.8 Å². The zero-order valence-corrected chi connectivity index (χ0v) is 14.7. The number of hydrogen-bond acceptors (Lipinski definition) is 7. The summed E-state index contributed by atoms with van der Waals surface area (Å²) in [5, 5.41) is 4.15. The highest BCUT2D eigenvalue weighted by molar-refractivity contribution is 7.89. The van der Waals surface area contributed by atoms with Crippen molar-refractivity contribution in [3.05, 3.63) is 55.4 Å². The maximum absolute atomic E-state index is 12.7. The molecule has 0 amide bonds. The Kier molecular flexibility index (Phi) is 4.35. The third-order valence-corrected chi connectivity index (χ3v) is 6.07. The van der Waals surface area contributed by atoms with Gasteiger partial charge in [0, 0.05) is 51.0 Å². The van der Waals surface area contributed by atoms with E-state index in [1.165, 1.54) is 10.5 Å². The number of pyridine rings is 1. The van der Waals surface area contributed by atoms with Crippen LogP contribution in [0.15, 0.2) is 60.3 Å². The molecule has 0 aromatic carbocycles. The number of rotatable bonds is 4. The molecule has 134 valence electrons. The molecule has 0 N–H and O–H groups in total. The summed E-state index contributed by atoms with van der Waals surface area (Å²) in [6, 6.07) is 5.00. The van der Waals surface area contributed by atoms with Crippen LogP contribution >= 0.6 is 0 Å². The first-order valence-electron chi connectivity index (χ1n) is 8.12. The van der Waals surface area contributed by atoms with Crippen molar-refractivity contribution in [2.45, 2.75) is 4.90 Å².